The Kier molecular flexibility index (Phi) is 6.79. The van der Waals surface area contributed by atoms with Gasteiger partial charge in [-0.05, 0) is 0 Å². The number of hydrogen-bond acceptors (Lipinski definition) is 4. The standard InChI is InChI=1S/C11H6F8N4/c12-8(13)10(16,17)4-23(5-11(18,19)9(14)15)7(3-22)6(1-20)2-21/h8-9H,4-5H2. The van der Waals surface area contributed by atoms with Crippen molar-refractivity contribution in [2.45, 2.75) is 24.7 Å². The zero-order valence-electron chi connectivity index (χ0n) is 10.9. The maximum Gasteiger partial charge on any atom is 0.324 e. The summed E-state index contributed by atoms with van der Waals surface area (Å²) < 4.78 is 101. The summed E-state index contributed by atoms with van der Waals surface area (Å²) in [5.41, 5.74) is -2.70. The largest absolute Gasteiger partial charge is 0.349 e. The van der Waals surface area contributed by atoms with Gasteiger partial charge in [0, 0.05) is 0 Å². The molecule has 23 heavy (non-hydrogen) atoms. The second-order valence-electron chi connectivity index (χ2n) is 4.04. The molecule has 0 atom stereocenters. The second kappa shape index (κ2) is 7.63. The minimum absolute atomic E-state index is 0.528. The van der Waals surface area contributed by atoms with Gasteiger partial charge in [0.2, 0.25) is 0 Å². The summed E-state index contributed by atoms with van der Waals surface area (Å²) in [5.74, 6) is -9.90. The number of nitrogens with zero attached hydrogens (tertiary/aromatic N) is 4. The maximum absolute atomic E-state index is 13.0. The van der Waals surface area contributed by atoms with Crippen molar-refractivity contribution in [3.8, 4) is 18.2 Å². The summed E-state index contributed by atoms with van der Waals surface area (Å²) in [7, 11) is 0. The topological polar surface area (TPSA) is 74.6 Å². The number of alkyl halides is 8. The number of rotatable bonds is 7. The summed E-state index contributed by atoms with van der Waals surface area (Å²) in [6.45, 7) is -4.52. The number of nitriles is 3. The second-order valence-corrected chi connectivity index (χ2v) is 4.04. The van der Waals surface area contributed by atoms with Gasteiger partial charge in [0.25, 0.3) is 0 Å². The van der Waals surface area contributed by atoms with E-state index in [2.05, 4.69) is 0 Å². The molecule has 12 heteroatoms. The molecule has 0 unspecified atom stereocenters. The van der Waals surface area contributed by atoms with E-state index in [0.29, 0.717) is 0 Å². The van der Waals surface area contributed by atoms with Crippen LogP contribution in [-0.2, 0) is 0 Å². The van der Waals surface area contributed by atoms with E-state index < -0.39 is 54.0 Å². The SMILES string of the molecule is N#CC(C#N)=C(C#N)N(CC(F)(F)C(F)F)CC(F)(F)C(F)F. The molecule has 0 heterocycles. The lowest BCUT2D eigenvalue weighted by molar-refractivity contribution is -0.165. The summed E-state index contributed by atoms with van der Waals surface area (Å²) in [6, 6.07) is 2.94. The molecule has 0 fully saturated rings. The minimum atomic E-state index is -4.95. The Morgan fingerprint density at radius 3 is 1.35 bits per heavy atom. The molecule has 0 aliphatic rings. The first-order chi connectivity index (χ1) is 10.4. The van der Waals surface area contributed by atoms with Gasteiger partial charge in [-0.3, -0.25) is 0 Å². The van der Waals surface area contributed by atoms with E-state index in [-0.39, 0.29) is 0 Å². The lowest BCUT2D eigenvalue weighted by atomic mass is 10.1. The van der Waals surface area contributed by atoms with Gasteiger partial charge >= 0.3 is 24.7 Å². The highest BCUT2D eigenvalue weighted by Gasteiger charge is 2.48. The molecule has 0 rings (SSSR count). The summed E-state index contributed by atoms with van der Waals surface area (Å²) in [4.78, 5) is -0.528. The van der Waals surface area contributed by atoms with E-state index >= 15 is 0 Å². The van der Waals surface area contributed by atoms with Crippen molar-refractivity contribution >= 4 is 0 Å². The van der Waals surface area contributed by atoms with Crippen LogP contribution < -0.4 is 0 Å². The normalized spacial score (nSPS) is 11.6. The molecule has 0 N–H and O–H groups in total. The molecule has 0 aliphatic carbocycles. The van der Waals surface area contributed by atoms with Crippen molar-refractivity contribution in [2.24, 2.45) is 0 Å². The molecule has 0 aliphatic heterocycles. The maximum atomic E-state index is 13.0. The molecule has 0 aromatic heterocycles. The van der Waals surface area contributed by atoms with Gasteiger partial charge in [0.15, 0.2) is 5.57 Å². The number of halogens is 8. The molecule has 4 nitrogen and oxygen atoms in total. The van der Waals surface area contributed by atoms with Gasteiger partial charge in [-0.2, -0.15) is 33.3 Å². The molecule has 126 valence electrons. The van der Waals surface area contributed by atoms with Crippen molar-refractivity contribution in [1.29, 1.82) is 15.8 Å². The molecular formula is C11H6F8N4. The van der Waals surface area contributed by atoms with Crippen LogP contribution in [0.3, 0.4) is 0 Å². The molecule has 0 bridgehead atoms. The highest BCUT2D eigenvalue weighted by atomic mass is 19.3. The first kappa shape index (κ1) is 20.5. The van der Waals surface area contributed by atoms with Gasteiger partial charge in [-0.25, -0.2) is 17.6 Å². The minimum Gasteiger partial charge on any atom is -0.349 e. The van der Waals surface area contributed by atoms with Gasteiger partial charge in [-0.1, -0.05) is 0 Å². The lowest BCUT2D eigenvalue weighted by Gasteiger charge is -2.30. The average Bonchev–Trinajstić information content (AvgIpc) is 2.42. The van der Waals surface area contributed by atoms with Crippen LogP contribution in [-0.4, -0.2) is 42.7 Å². The Morgan fingerprint density at radius 1 is 0.783 bits per heavy atom. The van der Waals surface area contributed by atoms with Crippen molar-refractivity contribution in [1.82, 2.24) is 4.90 Å². The Labute approximate surface area is 124 Å². The highest BCUT2D eigenvalue weighted by molar-refractivity contribution is 5.45. The average molecular weight is 346 g/mol. The Bertz CT molecular complexity index is 540. The summed E-state index contributed by atoms with van der Waals surface area (Å²) in [6.07, 6.45) is -8.70. The molecule has 0 aromatic rings. The fraction of sp³-hybridized carbons (Fsp3) is 0.545. The van der Waals surface area contributed by atoms with Crippen molar-refractivity contribution in [3.63, 3.8) is 0 Å². The number of hydrogen-bond donors (Lipinski definition) is 0. The first-order valence-electron chi connectivity index (χ1n) is 5.44. The van der Waals surface area contributed by atoms with Crippen LogP contribution in [0, 0.1) is 34.0 Å². The fourth-order valence-electron chi connectivity index (χ4n) is 1.28. The first-order valence-corrected chi connectivity index (χ1v) is 5.44. The zero-order chi connectivity index (χ0) is 18.4. The van der Waals surface area contributed by atoms with Crippen molar-refractivity contribution in [3.05, 3.63) is 11.3 Å². The van der Waals surface area contributed by atoms with Crippen LogP contribution in [0.5, 0.6) is 0 Å². The lowest BCUT2D eigenvalue weighted by Crippen LogP contribution is -2.48. The number of allylic oxidation sites excluding steroid dienone is 2. The Balaban J connectivity index is 5.95. The quantitative estimate of drug-likeness (QED) is 0.525. The molecular weight excluding hydrogens is 340 g/mol. The summed E-state index contributed by atoms with van der Waals surface area (Å²) in [5, 5.41) is 25.7. The van der Waals surface area contributed by atoms with Crippen LogP contribution >= 0.6 is 0 Å². The van der Waals surface area contributed by atoms with E-state index in [0.717, 1.165) is 18.2 Å². The van der Waals surface area contributed by atoms with E-state index in [1.807, 2.05) is 0 Å². The molecule has 0 aromatic carbocycles. The molecule has 0 saturated carbocycles. The van der Waals surface area contributed by atoms with E-state index in [1.54, 1.807) is 0 Å². The van der Waals surface area contributed by atoms with Gasteiger partial charge in [-0.15, -0.1) is 0 Å². The van der Waals surface area contributed by atoms with Gasteiger partial charge in [0.05, 0.1) is 13.1 Å². The molecule has 0 spiro atoms. The zero-order valence-corrected chi connectivity index (χ0v) is 10.9. The third-order valence-electron chi connectivity index (χ3n) is 2.32. The third-order valence-corrected chi connectivity index (χ3v) is 2.32. The van der Waals surface area contributed by atoms with E-state index in [1.165, 1.54) is 0 Å². The Hall–Kier alpha value is -2.55. The molecule has 0 amide bonds. The van der Waals surface area contributed by atoms with Gasteiger partial charge in [0.1, 0.15) is 23.9 Å². The monoisotopic (exact) mass is 346 g/mol. The predicted molar refractivity (Wildman–Crippen MR) is 57.3 cm³/mol. The van der Waals surface area contributed by atoms with Gasteiger partial charge < -0.3 is 4.90 Å². The molecule has 0 radical (unpaired) electrons. The van der Waals surface area contributed by atoms with Crippen LogP contribution in [0.1, 0.15) is 0 Å². The van der Waals surface area contributed by atoms with Crippen molar-refractivity contribution in [2.75, 3.05) is 13.1 Å². The van der Waals surface area contributed by atoms with Crippen molar-refractivity contribution < 1.29 is 35.1 Å². The smallest absolute Gasteiger partial charge is 0.324 e. The van der Waals surface area contributed by atoms with Crippen LogP contribution in [0.25, 0.3) is 0 Å². The van der Waals surface area contributed by atoms with E-state index in [9.17, 15) is 35.1 Å². The summed E-state index contributed by atoms with van der Waals surface area (Å²) >= 11 is 0. The Morgan fingerprint density at radius 2 is 1.13 bits per heavy atom. The highest BCUT2D eigenvalue weighted by Crippen LogP contribution is 2.30. The fourth-order valence-corrected chi connectivity index (χ4v) is 1.28. The predicted octanol–water partition coefficient (Wildman–Crippen LogP) is 2.91. The van der Waals surface area contributed by atoms with Crippen LogP contribution in [0.4, 0.5) is 35.1 Å². The van der Waals surface area contributed by atoms with E-state index in [4.69, 9.17) is 15.8 Å². The van der Waals surface area contributed by atoms with Crippen LogP contribution in [0.2, 0.25) is 0 Å². The van der Waals surface area contributed by atoms with Crippen LogP contribution in [0.15, 0.2) is 11.3 Å². The third kappa shape index (κ3) is 5.29. The molecule has 0 saturated heterocycles.